The molecule has 7 nitrogen and oxygen atoms in total. The van der Waals surface area contributed by atoms with Gasteiger partial charge < -0.3 is 20.3 Å². The normalized spacial score (nSPS) is 21.4. The van der Waals surface area contributed by atoms with Crippen LogP contribution < -0.4 is 20.3 Å². The van der Waals surface area contributed by atoms with E-state index in [-0.39, 0.29) is 29.6 Å². The number of aromatic nitrogens is 1. The highest BCUT2D eigenvalue weighted by molar-refractivity contribution is 6.35. The lowest BCUT2D eigenvalue weighted by Gasteiger charge is -2.40. The average Bonchev–Trinajstić information content (AvgIpc) is 3.09. The summed E-state index contributed by atoms with van der Waals surface area (Å²) in [5.74, 6) is 0.305. The maximum Gasteiger partial charge on any atom is 0.263 e. The van der Waals surface area contributed by atoms with Gasteiger partial charge in [-0.25, -0.2) is 13.8 Å². The van der Waals surface area contributed by atoms with Crippen molar-refractivity contribution < 1.29 is 23.1 Å². The van der Waals surface area contributed by atoms with Crippen molar-refractivity contribution in [2.45, 2.75) is 69.7 Å². The van der Waals surface area contributed by atoms with E-state index in [0.717, 1.165) is 31.5 Å². The van der Waals surface area contributed by atoms with Gasteiger partial charge in [-0.2, -0.15) is 0 Å². The molecule has 0 radical (unpaired) electrons. The number of hydrogen-bond acceptors (Lipinski definition) is 5. The zero-order valence-corrected chi connectivity index (χ0v) is 21.5. The fourth-order valence-corrected chi connectivity index (χ4v) is 5.30. The van der Waals surface area contributed by atoms with Gasteiger partial charge in [-0.15, -0.1) is 0 Å². The number of amides is 2. The molecule has 3 heterocycles. The maximum absolute atomic E-state index is 13.1. The van der Waals surface area contributed by atoms with E-state index in [9.17, 15) is 18.4 Å². The van der Waals surface area contributed by atoms with Gasteiger partial charge in [0.15, 0.2) is 5.60 Å². The van der Waals surface area contributed by atoms with E-state index in [0.29, 0.717) is 15.8 Å². The van der Waals surface area contributed by atoms with Gasteiger partial charge in [0.2, 0.25) is 0 Å². The summed E-state index contributed by atoms with van der Waals surface area (Å²) < 4.78 is 30.6. The number of halogens is 4. The van der Waals surface area contributed by atoms with Crippen molar-refractivity contribution in [2.75, 3.05) is 11.4 Å². The van der Waals surface area contributed by atoms with Crippen LogP contribution in [0.3, 0.4) is 0 Å². The third-order valence-electron chi connectivity index (χ3n) is 6.57. The topological polar surface area (TPSA) is 83.6 Å². The summed E-state index contributed by atoms with van der Waals surface area (Å²) in [4.78, 5) is 31.7. The van der Waals surface area contributed by atoms with Gasteiger partial charge in [-0.3, -0.25) is 9.59 Å². The second kappa shape index (κ2) is 10.8. The summed E-state index contributed by atoms with van der Waals surface area (Å²) in [6.07, 6.45) is 2.23. The third-order valence-corrected chi connectivity index (χ3v) is 7.10. The van der Waals surface area contributed by atoms with Gasteiger partial charge in [-0.05, 0) is 69.9 Å². The van der Waals surface area contributed by atoms with E-state index in [1.165, 1.54) is 6.20 Å². The molecule has 2 N–H and O–H groups in total. The quantitative estimate of drug-likeness (QED) is 0.499. The maximum atomic E-state index is 13.1. The number of carbonyl (C=O) groups excluding carboxylic acids is 2. The van der Waals surface area contributed by atoms with Crippen LogP contribution in [0.25, 0.3) is 0 Å². The Bertz CT molecular complexity index is 1100. The second-order valence-electron chi connectivity index (χ2n) is 9.63. The molecule has 2 amide bonds. The number of pyridine rings is 1. The number of nitrogens with one attached hydrogen (secondary N) is 2. The number of rotatable bonds is 8. The van der Waals surface area contributed by atoms with Crippen LogP contribution in [0.4, 0.5) is 14.6 Å². The molecule has 2 aliphatic rings. The first kappa shape index (κ1) is 26.4. The van der Waals surface area contributed by atoms with Crippen molar-refractivity contribution in [2.24, 2.45) is 0 Å². The van der Waals surface area contributed by atoms with Crippen LogP contribution >= 0.6 is 23.2 Å². The SMILES string of the molecule is CC(C)(Oc1ccc(Cl)cc1Cl)C(=O)N[C@H]1C[C@H]2CC[C@@H](C1)N2c1ccc(C(=O)NCC(F)F)cn1. The fraction of sp³-hybridized carbons (Fsp3) is 0.480. The summed E-state index contributed by atoms with van der Waals surface area (Å²) >= 11 is 12.1. The number of alkyl halides is 2. The zero-order chi connectivity index (χ0) is 26.0. The first-order valence-electron chi connectivity index (χ1n) is 11.8. The molecule has 0 unspecified atom stereocenters. The molecule has 2 fully saturated rings. The Morgan fingerprint density at radius 3 is 2.44 bits per heavy atom. The van der Waals surface area contributed by atoms with Crippen LogP contribution in [0.15, 0.2) is 36.5 Å². The first-order valence-corrected chi connectivity index (χ1v) is 12.5. The molecule has 194 valence electrons. The van der Waals surface area contributed by atoms with Gasteiger partial charge in [-0.1, -0.05) is 23.2 Å². The van der Waals surface area contributed by atoms with Gasteiger partial charge in [0, 0.05) is 29.3 Å². The summed E-state index contributed by atoms with van der Waals surface area (Å²) in [7, 11) is 0. The molecule has 36 heavy (non-hydrogen) atoms. The first-order chi connectivity index (χ1) is 17.0. The molecule has 2 saturated heterocycles. The van der Waals surface area contributed by atoms with E-state index >= 15 is 0 Å². The largest absolute Gasteiger partial charge is 0.476 e. The average molecular weight is 541 g/mol. The molecule has 2 aromatic rings. The van der Waals surface area contributed by atoms with Crippen LogP contribution in [0.1, 0.15) is 49.9 Å². The number of piperidine rings is 1. The van der Waals surface area contributed by atoms with E-state index in [1.807, 2.05) is 0 Å². The lowest BCUT2D eigenvalue weighted by molar-refractivity contribution is -0.135. The van der Waals surface area contributed by atoms with Crippen molar-refractivity contribution in [3.8, 4) is 5.75 Å². The highest BCUT2D eigenvalue weighted by atomic mass is 35.5. The minimum Gasteiger partial charge on any atom is -0.476 e. The number of benzene rings is 1. The fourth-order valence-electron chi connectivity index (χ4n) is 4.85. The van der Waals surface area contributed by atoms with Gasteiger partial charge >= 0.3 is 0 Å². The van der Waals surface area contributed by atoms with Crippen molar-refractivity contribution in [1.82, 2.24) is 15.6 Å². The molecule has 0 spiro atoms. The standard InChI is InChI=1S/C25H28Cl2F2N4O3/c1-25(2,36-20-7-4-15(26)9-19(20)27)24(35)32-16-10-17-5-6-18(11-16)33(17)22-8-3-14(12-30-22)23(34)31-13-21(28)29/h3-4,7-9,12,16-18,21H,5-6,10-11,13H2,1-2H3,(H,31,34)(H,32,35)/t16-,17+,18-. The Kier molecular flexibility index (Phi) is 7.90. The molecular weight excluding hydrogens is 513 g/mol. The van der Waals surface area contributed by atoms with Crippen LogP contribution in [-0.2, 0) is 4.79 Å². The van der Waals surface area contributed by atoms with Crippen LogP contribution in [0.5, 0.6) is 5.75 Å². The number of ether oxygens (including phenoxy) is 1. The summed E-state index contributed by atoms with van der Waals surface area (Å²) in [5.41, 5.74) is -0.910. The summed E-state index contributed by atoms with van der Waals surface area (Å²) in [5, 5.41) is 6.13. The number of fused-ring (bicyclic) bond motifs is 2. The number of hydrogen-bond donors (Lipinski definition) is 2. The highest BCUT2D eigenvalue weighted by Gasteiger charge is 2.43. The minimum absolute atomic E-state index is 0.0192. The predicted octanol–water partition coefficient (Wildman–Crippen LogP) is 4.86. The van der Waals surface area contributed by atoms with Crippen LogP contribution in [0.2, 0.25) is 10.0 Å². The molecule has 3 atom stereocenters. The van der Waals surface area contributed by atoms with Crippen molar-refractivity contribution in [3.63, 3.8) is 0 Å². The van der Waals surface area contributed by atoms with Gasteiger partial charge in [0.25, 0.3) is 18.2 Å². The number of carbonyl (C=O) groups is 2. The second-order valence-corrected chi connectivity index (χ2v) is 10.5. The van der Waals surface area contributed by atoms with Crippen LogP contribution in [0, 0.1) is 0 Å². The summed E-state index contributed by atoms with van der Waals surface area (Å²) in [6, 6.07) is 8.56. The van der Waals surface area contributed by atoms with Crippen molar-refractivity contribution in [3.05, 3.63) is 52.1 Å². The van der Waals surface area contributed by atoms with E-state index < -0.39 is 24.5 Å². The smallest absolute Gasteiger partial charge is 0.263 e. The number of anilines is 1. The third kappa shape index (κ3) is 6.00. The molecule has 1 aromatic carbocycles. The van der Waals surface area contributed by atoms with E-state index in [2.05, 4.69) is 20.5 Å². The molecule has 0 aliphatic carbocycles. The Morgan fingerprint density at radius 1 is 1.17 bits per heavy atom. The Morgan fingerprint density at radius 2 is 1.86 bits per heavy atom. The molecule has 2 bridgehead atoms. The van der Waals surface area contributed by atoms with E-state index in [4.69, 9.17) is 27.9 Å². The van der Waals surface area contributed by atoms with Crippen molar-refractivity contribution >= 4 is 40.8 Å². The Balaban J connectivity index is 1.36. The molecular formula is C25H28Cl2F2N4O3. The molecule has 2 aliphatic heterocycles. The zero-order valence-electron chi connectivity index (χ0n) is 19.9. The van der Waals surface area contributed by atoms with Gasteiger partial charge in [0.05, 0.1) is 17.1 Å². The lowest BCUT2D eigenvalue weighted by atomic mass is 9.96. The van der Waals surface area contributed by atoms with Gasteiger partial charge in [0.1, 0.15) is 11.6 Å². The molecule has 11 heteroatoms. The minimum atomic E-state index is -2.61. The molecule has 4 rings (SSSR count). The van der Waals surface area contributed by atoms with Crippen LogP contribution in [-0.4, -0.2) is 53.5 Å². The van der Waals surface area contributed by atoms with E-state index in [1.54, 1.807) is 44.2 Å². The summed E-state index contributed by atoms with van der Waals surface area (Å²) in [6.45, 7) is 2.69. The molecule has 1 aromatic heterocycles. The monoisotopic (exact) mass is 540 g/mol. The van der Waals surface area contributed by atoms with Crippen molar-refractivity contribution in [1.29, 1.82) is 0 Å². The predicted molar refractivity (Wildman–Crippen MR) is 134 cm³/mol. The lowest BCUT2D eigenvalue weighted by Crippen LogP contribution is -2.55. The highest BCUT2D eigenvalue weighted by Crippen LogP contribution is 2.39. The Labute approximate surface area is 218 Å². The molecule has 0 saturated carbocycles. The number of nitrogens with zero attached hydrogens (tertiary/aromatic N) is 2. The Hall–Kier alpha value is -2.65.